The maximum absolute atomic E-state index is 11.4. The maximum Gasteiger partial charge on any atom is 0.338 e. The van der Waals surface area contributed by atoms with Crippen LogP contribution in [0.15, 0.2) is 93.6 Å². The molecule has 2 aliphatic rings. The van der Waals surface area contributed by atoms with Crippen LogP contribution in [0.1, 0.15) is 47.3 Å². The fraction of sp³-hybridized carbons (Fsp3) is 0.343. The van der Waals surface area contributed by atoms with Crippen LogP contribution in [-0.2, 0) is 20.7 Å². The van der Waals surface area contributed by atoms with Crippen LogP contribution < -0.4 is 5.73 Å². The topological polar surface area (TPSA) is 133 Å². The lowest BCUT2D eigenvalue weighted by atomic mass is 9.96. The Bertz CT molecular complexity index is 1460. The van der Waals surface area contributed by atoms with Gasteiger partial charge in [-0.3, -0.25) is 4.90 Å². The highest BCUT2D eigenvalue weighted by molar-refractivity contribution is 7.99. The number of carboxylic acids is 2. The van der Waals surface area contributed by atoms with E-state index < -0.39 is 11.9 Å². The number of rotatable bonds is 8. The van der Waals surface area contributed by atoms with Crippen LogP contribution in [0.2, 0.25) is 0 Å². The second-order valence-corrected chi connectivity index (χ2v) is 12.8. The Labute approximate surface area is 279 Å². The number of carboxylic acid groups (broad SMARTS) is 2. The van der Waals surface area contributed by atoms with Crippen molar-refractivity contribution >= 4 is 47.1 Å². The van der Waals surface area contributed by atoms with E-state index >= 15 is 0 Å². The largest absolute Gasteiger partial charge is 0.478 e. The molecule has 246 valence electrons. The number of nitrogens with two attached hydrogens (primary N) is 1. The van der Waals surface area contributed by atoms with E-state index in [4.69, 9.17) is 20.7 Å². The highest BCUT2D eigenvalue weighted by Gasteiger charge is 2.29. The summed E-state index contributed by atoms with van der Waals surface area (Å²) in [6, 6.07) is 23.2. The molecule has 3 aromatic carbocycles. The standard InChI is InChI=1S/C20H24N2S2.C11H15NO2.C4H4O4/c1-21-9-11-22(12-10-21)18-13-15-5-3-4-6-19(15)24-20-8-7-16(23-2)14-17(18)20;1-2-3-8-14-11(13)9-4-6-10(12)7-5-9;5-3(6)1-2-4(7)8/h3-8,14,18H,9-13H2,1-2H3;4-7H,2-3,8,12H2,1H3;1-2H,(H,5,6)(H,7,8). The Hall–Kier alpha value is -3.77. The molecule has 2 heterocycles. The number of thioether (sulfide) groups is 1. The number of ether oxygens (including phenoxy) is 1. The molecule has 0 aromatic heterocycles. The summed E-state index contributed by atoms with van der Waals surface area (Å²) in [5, 5.41) is 15.6. The number of carbonyl (C=O) groups excluding carboxylic acids is 1. The molecule has 5 rings (SSSR count). The van der Waals surface area contributed by atoms with Gasteiger partial charge < -0.3 is 25.6 Å². The van der Waals surface area contributed by atoms with E-state index in [0.29, 0.717) is 36.1 Å². The van der Waals surface area contributed by atoms with Crippen molar-refractivity contribution in [2.75, 3.05) is 51.8 Å². The van der Waals surface area contributed by atoms with Gasteiger partial charge in [-0.1, -0.05) is 43.3 Å². The average molecular weight is 666 g/mol. The Balaban J connectivity index is 0.000000222. The summed E-state index contributed by atoms with van der Waals surface area (Å²) >= 11 is 3.79. The number of fused-ring (bicyclic) bond motifs is 2. The van der Waals surface area contributed by atoms with Gasteiger partial charge in [0.1, 0.15) is 0 Å². The van der Waals surface area contributed by atoms with Gasteiger partial charge in [0.25, 0.3) is 0 Å². The molecule has 0 saturated carbocycles. The third-order valence-electron chi connectivity index (χ3n) is 7.41. The molecule has 9 nitrogen and oxygen atoms in total. The van der Waals surface area contributed by atoms with Crippen molar-refractivity contribution in [3.05, 3.63) is 95.6 Å². The third kappa shape index (κ3) is 11.9. The number of anilines is 1. The van der Waals surface area contributed by atoms with E-state index in [0.717, 1.165) is 32.4 Å². The molecule has 1 saturated heterocycles. The average Bonchev–Trinajstić information content (AvgIpc) is 3.21. The van der Waals surface area contributed by atoms with E-state index in [1.54, 1.807) is 24.3 Å². The van der Waals surface area contributed by atoms with Crippen molar-refractivity contribution in [1.29, 1.82) is 0 Å². The van der Waals surface area contributed by atoms with Crippen LogP contribution >= 0.6 is 23.5 Å². The normalized spacial score (nSPS) is 16.0. The molecular weight excluding hydrogens is 623 g/mol. The van der Waals surface area contributed by atoms with Crippen LogP contribution in [0.25, 0.3) is 0 Å². The number of benzene rings is 3. The van der Waals surface area contributed by atoms with Gasteiger partial charge in [-0.25, -0.2) is 14.4 Å². The Kier molecular flexibility index (Phi) is 15.2. The molecule has 1 unspecified atom stereocenters. The van der Waals surface area contributed by atoms with E-state index in [1.807, 2.05) is 23.5 Å². The highest BCUT2D eigenvalue weighted by Crippen LogP contribution is 2.44. The zero-order chi connectivity index (χ0) is 33.5. The molecule has 0 bridgehead atoms. The predicted molar refractivity (Wildman–Crippen MR) is 185 cm³/mol. The molecule has 0 amide bonds. The quantitative estimate of drug-likeness (QED) is 0.0818. The summed E-state index contributed by atoms with van der Waals surface area (Å²) < 4.78 is 5.03. The first-order valence-electron chi connectivity index (χ1n) is 15.1. The smallest absolute Gasteiger partial charge is 0.338 e. The summed E-state index contributed by atoms with van der Waals surface area (Å²) in [6.45, 7) is 7.20. The van der Waals surface area contributed by atoms with Crippen LogP contribution in [0.3, 0.4) is 0 Å². The number of hydrogen-bond acceptors (Lipinski definition) is 9. The monoisotopic (exact) mass is 665 g/mol. The van der Waals surface area contributed by atoms with Crippen molar-refractivity contribution in [2.24, 2.45) is 0 Å². The molecule has 1 atom stereocenters. The summed E-state index contributed by atoms with van der Waals surface area (Å²) in [4.78, 5) is 39.8. The number of unbranched alkanes of at least 4 members (excludes halogenated alkanes) is 1. The van der Waals surface area contributed by atoms with E-state index in [2.05, 4.69) is 72.5 Å². The lowest BCUT2D eigenvalue weighted by molar-refractivity contribution is -0.134. The number of hydrogen-bond donors (Lipinski definition) is 3. The number of esters is 1. The van der Waals surface area contributed by atoms with Gasteiger partial charge in [0.15, 0.2) is 0 Å². The Morgan fingerprint density at radius 2 is 1.61 bits per heavy atom. The minimum atomic E-state index is -1.26. The van der Waals surface area contributed by atoms with E-state index in [1.165, 1.54) is 38.9 Å². The fourth-order valence-electron chi connectivity index (χ4n) is 4.83. The van der Waals surface area contributed by atoms with Crippen molar-refractivity contribution in [1.82, 2.24) is 9.80 Å². The molecule has 0 aliphatic carbocycles. The second-order valence-electron chi connectivity index (χ2n) is 10.8. The van der Waals surface area contributed by atoms with Gasteiger partial charge in [0.05, 0.1) is 12.2 Å². The first-order chi connectivity index (χ1) is 22.1. The number of likely N-dealkylation sites (N-methyl/N-ethyl adjacent to an activating group) is 1. The van der Waals surface area contributed by atoms with Crippen molar-refractivity contribution < 1.29 is 29.3 Å². The SMILES string of the molecule is CCCCOC(=O)c1ccc(N)cc1.CSc1ccc2c(c1)C(N1CCN(C)CC1)Cc1ccccc1S2.O=C(O)C=CC(=O)O. The first-order valence-corrected chi connectivity index (χ1v) is 17.2. The van der Waals surface area contributed by atoms with Crippen molar-refractivity contribution in [2.45, 2.75) is 46.9 Å². The van der Waals surface area contributed by atoms with Crippen molar-refractivity contribution in [3.8, 4) is 0 Å². The minimum Gasteiger partial charge on any atom is -0.478 e. The van der Waals surface area contributed by atoms with Crippen molar-refractivity contribution in [3.63, 3.8) is 0 Å². The number of aliphatic carboxylic acids is 2. The molecule has 3 aromatic rings. The fourth-order valence-corrected chi connectivity index (χ4v) is 6.39. The predicted octanol–water partition coefficient (Wildman–Crippen LogP) is 6.34. The third-order valence-corrected chi connectivity index (χ3v) is 9.34. The molecule has 1 fully saturated rings. The van der Waals surface area contributed by atoms with Gasteiger partial charge >= 0.3 is 17.9 Å². The highest BCUT2D eigenvalue weighted by atomic mass is 32.2. The van der Waals surface area contributed by atoms with Crippen LogP contribution in [0.5, 0.6) is 0 Å². The van der Waals surface area contributed by atoms with Crippen LogP contribution in [-0.4, -0.2) is 84.0 Å². The molecule has 46 heavy (non-hydrogen) atoms. The minimum absolute atomic E-state index is 0.279. The summed E-state index contributed by atoms with van der Waals surface area (Å²) in [5.41, 5.74) is 9.71. The lowest BCUT2D eigenvalue weighted by Crippen LogP contribution is -2.46. The van der Waals surface area contributed by atoms with Gasteiger partial charge in [-0.2, -0.15) is 0 Å². The molecule has 2 aliphatic heterocycles. The van der Waals surface area contributed by atoms with Gasteiger partial charge in [0, 0.05) is 64.7 Å². The summed E-state index contributed by atoms with van der Waals surface area (Å²) in [7, 11) is 2.23. The lowest BCUT2D eigenvalue weighted by Gasteiger charge is -2.38. The Morgan fingerprint density at radius 3 is 2.22 bits per heavy atom. The summed E-state index contributed by atoms with van der Waals surface area (Å²) in [6.07, 6.45) is 6.34. The molecular formula is C35H43N3O6S2. The van der Waals surface area contributed by atoms with Crippen LogP contribution in [0.4, 0.5) is 5.69 Å². The zero-order valence-corrected chi connectivity index (χ0v) is 28.2. The zero-order valence-electron chi connectivity index (χ0n) is 26.6. The number of carbonyl (C=O) groups is 3. The van der Waals surface area contributed by atoms with Crippen LogP contribution in [0, 0.1) is 0 Å². The maximum atomic E-state index is 11.4. The van der Waals surface area contributed by atoms with Gasteiger partial charge in [-0.15, -0.1) is 11.8 Å². The van der Waals surface area contributed by atoms with E-state index in [9.17, 15) is 14.4 Å². The first kappa shape index (κ1) is 36.7. The summed E-state index contributed by atoms with van der Waals surface area (Å²) in [5.74, 6) is -2.79. The molecule has 4 N–H and O–H groups in total. The Morgan fingerprint density at radius 1 is 0.957 bits per heavy atom. The van der Waals surface area contributed by atoms with Gasteiger partial charge in [0.2, 0.25) is 0 Å². The van der Waals surface area contributed by atoms with Gasteiger partial charge in [-0.05, 0) is 85.8 Å². The molecule has 11 heteroatoms. The second kappa shape index (κ2) is 19.0. The number of nitrogen functional groups attached to an aromatic ring is 1. The number of piperazine rings is 1. The number of nitrogens with zero attached hydrogens (tertiary/aromatic N) is 2. The molecule has 0 radical (unpaired) electrons. The molecule has 0 spiro atoms. The van der Waals surface area contributed by atoms with E-state index in [-0.39, 0.29) is 5.97 Å².